The Hall–Kier alpha value is -1.13. The van der Waals surface area contributed by atoms with E-state index < -0.39 is 0 Å². The van der Waals surface area contributed by atoms with Crippen LogP contribution in [0.4, 0.5) is 0 Å². The van der Waals surface area contributed by atoms with Crippen LogP contribution in [-0.2, 0) is 7.05 Å². The molecule has 1 N–H and O–H groups in total. The van der Waals surface area contributed by atoms with Crippen molar-refractivity contribution in [2.45, 2.75) is 19.9 Å². The van der Waals surface area contributed by atoms with Gasteiger partial charge in [-0.15, -0.1) is 11.3 Å². The number of nitrogens with zero attached hydrogens (tertiary/aromatic N) is 2. The quantitative estimate of drug-likeness (QED) is 0.882. The van der Waals surface area contributed by atoms with E-state index in [4.69, 9.17) is 0 Å². The van der Waals surface area contributed by atoms with Gasteiger partial charge < -0.3 is 5.32 Å². The molecule has 0 aliphatic carbocycles. The lowest BCUT2D eigenvalue weighted by Crippen LogP contribution is -2.22. The third-order valence-electron chi connectivity index (χ3n) is 2.60. The summed E-state index contributed by atoms with van der Waals surface area (Å²) < 4.78 is 1.85. The number of rotatable bonds is 4. The average molecular weight is 235 g/mol. The SMILES string of the molecule is CCNC(c1ccn(C)n1)c1sccc1C. The first-order valence-corrected chi connectivity index (χ1v) is 6.37. The van der Waals surface area contributed by atoms with Gasteiger partial charge in [0.1, 0.15) is 0 Å². The molecule has 0 fully saturated rings. The Balaban J connectivity index is 2.34. The Kier molecular flexibility index (Phi) is 3.41. The monoisotopic (exact) mass is 235 g/mol. The van der Waals surface area contributed by atoms with Gasteiger partial charge in [0.2, 0.25) is 0 Å². The topological polar surface area (TPSA) is 29.9 Å². The van der Waals surface area contributed by atoms with Gasteiger partial charge in [-0.25, -0.2) is 0 Å². The zero-order chi connectivity index (χ0) is 11.5. The Bertz CT molecular complexity index is 458. The molecule has 0 saturated heterocycles. The van der Waals surface area contributed by atoms with Gasteiger partial charge in [0.15, 0.2) is 0 Å². The van der Waals surface area contributed by atoms with E-state index in [1.807, 2.05) is 17.9 Å². The summed E-state index contributed by atoms with van der Waals surface area (Å²) in [5, 5.41) is 10.1. The van der Waals surface area contributed by atoms with E-state index in [0.29, 0.717) is 0 Å². The second-order valence-electron chi connectivity index (χ2n) is 3.87. The predicted octanol–water partition coefficient (Wildman–Crippen LogP) is 2.49. The molecule has 1 unspecified atom stereocenters. The van der Waals surface area contributed by atoms with Crippen LogP contribution in [0.3, 0.4) is 0 Å². The summed E-state index contributed by atoms with van der Waals surface area (Å²) in [5.41, 5.74) is 2.43. The van der Waals surface area contributed by atoms with Gasteiger partial charge in [0, 0.05) is 18.1 Å². The zero-order valence-corrected chi connectivity index (χ0v) is 10.7. The number of nitrogens with one attached hydrogen (secondary N) is 1. The summed E-state index contributed by atoms with van der Waals surface area (Å²) in [5.74, 6) is 0. The molecular weight excluding hydrogens is 218 g/mol. The zero-order valence-electron chi connectivity index (χ0n) is 9.90. The molecule has 16 heavy (non-hydrogen) atoms. The van der Waals surface area contributed by atoms with Gasteiger partial charge in [-0.1, -0.05) is 6.92 Å². The van der Waals surface area contributed by atoms with Crippen molar-refractivity contribution in [3.05, 3.63) is 39.8 Å². The number of thiophene rings is 1. The number of hydrogen-bond acceptors (Lipinski definition) is 3. The minimum absolute atomic E-state index is 0.228. The Morgan fingerprint density at radius 2 is 2.31 bits per heavy atom. The van der Waals surface area contributed by atoms with Crippen LogP contribution in [-0.4, -0.2) is 16.3 Å². The fourth-order valence-electron chi connectivity index (χ4n) is 1.80. The van der Waals surface area contributed by atoms with Crippen molar-refractivity contribution in [3.63, 3.8) is 0 Å². The van der Waals surface area contributed by atoms with E-state index in [-0.39, 0.29) is 6.04 Å². The lowest BCUT2D eigenvalue weighted by atomic mass is 10.1. The molecule has 4 heteroatoms. The van der Waals surface area contributed by atoms with Crippen LogP contribution in [0.25, 0.3) is 0 Å². The van der Waals surface area contributed by atoms with Gasteiger partial charge in [0.25, 0.3) is 0 Å². The predicted molar refractivity (Wildman–Crippen MR) is 67.8 cm³/mol. The molecule has 86 valence electrons. The van der Waals surface area contributed by atoms with Gasteiger partial charge in [0.05, 0.1) is 11.7 Å². The van der Waals surface area contributed by atoms with Crippen LogP contribution in [0.5, 0.6) is 0 Å². The minimum atomic E-state index is 0.228. The molecule has 2 rings (SSSR count). The molecule has 0 aromatic carbocycles. The minimum Gasteiger partial charge on any atom is -0.305 e. The first-order valence-electron chi connectivity index (χ1n) is 5.49. The maximum absolute atomic E-state index is 4.49. The number of hydrogen-bond donors (Lipinski definition) is 1. The summed E-state index contributed by atoms with van der Waals surface area (Å²) >= 11 is 1.79. The third-order valence-corrected chi connectivity index (χ3v) is 3.69. The molecule has 3 nitrogen and oxygen atoms in total. The molecular formula is C12H17N3S. The summed E-state index contributed by atoms with van der Waals surface area (Å²) in [7, 11) is 1.95. The van der Waals surface area contributed by atoms with Crippen molar-refractivity contribution in [2.75, 3.05) is 6.54 Å². The van der Waals surface area contributed by atoms with Crippen LogP contribution in [0.15, 0.2) is 23.7 Å². The smallest absolute Gasteiger partial charge is 0.0866 e. The van der Waals surface area contributed by atoms with E-state index in [9.17, 15) is 0 Å². The van der Waals surface area contributed by atoms with E-state index >= 15 is 0 Å². The standard InChI is InChI=1S/C12H17N3S/c1-4-13-11(10-5-7-15(3)14-10)12-9(2)6-8-16-12/h5-8,11,13H,4H2,1-3H3. The van der Waals surface area contributed by atoms with Crippen LogP contribution < -0.4 is 5.32 Å². The third kappa shape index (κ3) is 2.18. The van der Waals surface area contributed by atoms with E-state index in [1.54, 1.807) is 11.3 Å². The van der Waals surface area contributed by atoms with Gasteiger partial charge in [-0.05, 0) is 36.5 Å². The van der Waals surface area contributed by atoms with Crippen molar-refractivity contribution >= 4 is 11.3 Å². The van der Waals surface area contributed by atoms with Crippen LogP contribution in [0.1, 0.15) is 29.1 Å². The van der Waals surface area contributed by atoms with Gasteiger partial charge in [-0.2, -0.15) is 5.10 Å². The molecule has 2 heterocycles. The fourth-order valence-corrected chi connectivity index (χ4v) is 2.82. The van der Waals surface area contributed by atoms with E-state index in [2.05, 4.69) is 41.8 Å². The first-order chi connectivity index (χ1) is 7.72. The Labute approximate surface area is 100 Å². The highest BCUT2D eigenvalue weighted by atomic mass is 32.1. The van der Waals surface area contributed by atoms with Crippen LogP contribution in [0, 0.1) is 6.92 Å². The lowest BCUT2D eigenvalue weighted by Gasteiger charge is -2.15. The number of aryl methyl sites for hydroxylation is 2. The highest BCUT2D eigenvalue weighted by Crippen LogP contribution is 2.28. The molecule has 0 radical (unpaired) electrons. The molecule has 2 aromatic heterocycles. The molecule has 1 atom stereocenters. The van der Waals surface area contributed by atoms with Crippen molar-refractivity contribution in [3.8, 4) is 0 Å². The molecule has 0 aliphatic heterocycles. The molecule has 0 spiro atoms. The molecule has 0 aliphatic rings. The second-order valence-corrected chi connectivity index (χ2v) is 4.82. The molecule has 0 amide bonds. The maximum atomic E-state index is 4.49. The highest BCUT2D eigenvalue weighted by molar-refractivity contribution is 7.10. The number of aromatic nitrogens is 2. The van der Waals surface area contributed by atoms with Gasteiger partial charge >= 0.3 is 0 Å². The first kappa shape index (κ1) is 11.4. The fraction of sp³-hybridized carbons (Fsp3) is 0.417. The second kappa shape index (κ2) is 4.80. The lowest BCUT2D eigenvalue weighted by molar-refractivity contribution is 0.605. The summed E-state index contributed by atoms with van der Waals surface area (Å²) in [6, 6.07) is 4.46. The summed E-state index contributed by atoms with van der Waals surface area (Å²) in [6.45, 7) is 5.22. The molecule has 2 aromatic rings. The van der Waals surface area contributed by atoms with Crippen molar-refractivity contribution < 1.29 is 0 Å². The normalized spacial score (nSPS) is 12.9. The highest BCUT2D eigenvalue weighted by Gasteiger charge is 2.18. The van der Waals surface area contributed by atoms with Crippen molar-refractivity contribution in [1.82, 2.24) is 15.1 Å². The summed E-state index contributed by atoms with van der Waals surface area (Å²) in [4.78, 5) is 1.36. The largest absolute Gasteiger partial charge is 0.305 e. The maximum Gasteiger partial charge on any atom is 0.0866 e. The Morgan fingerprint density at radius 1 is 1.50 bits per heavy atom. The van der Waals surface area contributed by atoms with Crippen molar-refractivity contribution in [2.24, 2.45) is 7.05 Å². The van der Waals surface area contributed by atoms with Gasteiger partial charge in [-0.3, -0.25) is 4.68 Å². The molecule has 0 bridgehead atoms. The molecule has 0 saturated carbocycles. The van der Waals surface area contributed by atoms with Crippen LogP contribution >= 0.6 is 11.3 Å². The van der Waals surface area contributed by atoms with Crippen LogP contribution in [0.2, 0.25) is 0 Å². The summed E-state index contributed by atoms with van der Waals surface area (Å²) in [6.07, 6.45) is 1.99. The van der Waals surface area contributed by atoms with Crippen molar-refractivity contribution in [1.29, 1.82) is 0 Å². The van der Waals surface area contributed by atoms with E-state index in [0.717, 1.165) is 12.2 Å². The average Bonchev–Trinajstić information content (AvgIpc) is 2.84. The Morgan fingerprint density at radius 3 is 2.81 bits per heavy atom. The van der Waals surface area contributed by atoms with E-state index in [1.165, 1.54) is 10.4 Å².